The van der Waals surface area contributed by atoms with E-state index < -0.39 is 0 Å². The number of nitrogens with zero attached hydrogens (tertiary/aromatic N) is 2. The maximum absolute atomic E-state index is 12.7. The third-order valence-electron chi connectivity index (χ3n) is 3.52. The molecule has 0 saturated carbocycles. The number of thioether (sulfide) groups is 1. The predicted molar refractivity (Wildman–Crippen MR) is 85.1 cm³/mol. The van der Waals surface area contributed by atoms with Crippen molar-refractivity contribution in [2.45, 2.75) is 17.1 Å². The van der Waals surface area contributed by atoms with Crippen molar-refractivity contribution in [1.82, 2.24) is 4.57 Å². The molecule has 1 amide bonds. The highest BCUT2D eigenvalue weighted by atomic mass is 32.2. The number of hydrogen-bond acceptors (Lipinski definition) is 3. The SMILES string of the molecule is C[C@@H]1CN(C(=O)c2ccn(C)c(=O)c2)c2ccccc2S1. The second kappa shape index (κ2) is 5.41. The van der Waals surface area contributed by atoms with Gasteiger partial charge in [0.05, 0.1) is 5.69 Å². The van der Waals surface area contributed by atoms with E-state index in [9.17, 15) is 9.59 Å². The minimum absolute atomic E-state index is 0.118. The van der Waals surface area contributed by atoms with Crippen LogP contribution < -0.4 is 10.5 Å². The molecule has 0 unspecified atom stereocenters. The molecule has 21 heavy (non-hydrogen) atoms. The number of pyridine rings is 1. The third kappa shape index (κ3) is 2.61. The molecular weight excluding hydrogens is 284 g/mol. The summed E-state index contributed by atoms with van der Waals surface area (Å²) in [5, 5.41) is 0.329. The minimum atomic E-state index is -0.173. The largest absolute Gasteiger partial charge is 0.319 e. The van der Waals surface area contributed by atoms with E-state index in [1.807, 2.05) is 24.3 Å². The van der Waals surface area contributed by atoms with Crippen LogP contribution in [0, 0.1) is 0 Å². The van der Waals surface area contributed by atoms with Gasteiger partial charge in [-0.3, -0.25) is 9.59 Å². The number of rotatable bonds is 1. The van der Waals surface area contributed by atoms with Crippen LogP contribution in [0.15, 0.2) is 52.3 Å². The van der Waals surface area contributed by atoms with Crippen LogP contribution in [0.25, 0.3) is 0 Å². The van der Waals surface area contributed by atoms with Crippen LogP contribution >= 0.6 is 11.8 Å². The normalized spacial score (nSPS) is 17.4. The zero-order valence-corrected chi connectivity index (χ0v) is 12.8. The van der Waals surface area contributed by atoms with Gasteiger partial charge in [0.2, 0.25) is 0 Å². The zero-order chi connectivity index (χ0) is 15.0. The first kappa shape index (κ1) is 13.9. The molecule has 4 nitrogen and oxygen atoms in total. The Morgan fingerprint density at radius 3 is 2.81 bits per heavy atom. The molecule has 0 aliphatic carbocycles. The standard InChI is InChI=1S/C16H16N2O2S/c1-11-10-18(13-5-3-4-6-14(13)21-11)16(20)12-7-8-17(2)15(19)9-12/h3-9,11H,10H2,1-2H3/t11-/m1/s1. The Kier molecular flexibility index (Phi) is 3.59. The van der Waals surface area contributed by atoms with Crippen molar-refractivity contribution in [3.8, 4) is 0 Å². The number of carbonyl (C=O) groups is 1. The molecule has 5 heteroatoms. The summed E-state index contributed by atoms with van der Waals surface area (Å²) in [5.74, 6) is -0.118. The van der Waals surface area contributed by atoms with Crippen molar-refractivity contribution < 1.29 is 4.79 Å². The summed E-state index contributed by atoms with van der Waals surface area (Å²) in [6.07, 6.45) is 1.63. The number of carbonyl (C=O) groups excluding carboxylic acids is 1. The molecule has 0 spiro atoms. The average molecular weight is 300 g/mol. The third-order valence-corrected chi connectivity index (χ3v) is 4.67. The van der Waals surface area contributed by atoms with E-state index in [0.29, 0.717) is 17.4 Å². The lowest BCUT2D eigenvalue weighted by molar-refractivity contribution is 0.0986. The Morgan fingerprint density at radius 2 is 2.05 bits per heavy atom. The molecule has 1 aromatic carbocycles. The summed E-state index contributed by atoms with van der Waals surface area (Å²) in [6, 6.07) is 11.0. The van der Waals surface area contributed by atoms with Crippen LogP contribution in [-0.2, 0) is 7.05 Å². The van der Waals surface area contributed by atoms with Gasteiger partial charge >= 0.3 is 0 Å². The van der Waals surface area contributed by atoms with E-state index in [1.54, 1.807) is 36.0 Å². The van der Waals surface area contributed by atoms with Gasteiger partial charge in [0.25, 0.3) is 11.5 Å². The molecule has 2 aromatic rings. The lowest BCUT2D eigenvalue weighted by Gasteiger charge is -2.32. The van der Waals surface area contributed by atoms with Gasteiger partial charge in [0.1, 0.15) is 0 Å². The minimum Gasteiger partial charge on any atom is -0.319 e. The molecule has 1 aromatic heterocycles. The predicted octanol–water partition coefficient (Wildman–Crippen LogP) is 2.53. The molecule has 1 aliphatic heterocycles. The number of para-hydroxylation sites is 1. The number of fused-ring (bicyclic) bond motifs is 1. The zero-order valence-electron chi connectivity index (χ0n) is 11.9. The summed E-state index contributed by atoms with van der Waals surface area (Å²) in [7, 11) is 1.67. The number of aromatic nitrogens is 1. The molecule has 108 valence electrons. The van der Waals surface area contributed by atoms with Crippen molar-refractivity contribution in [3.63, 3.8) is 0 Å². The maximum atomic E-state index is 12.7. The first-order valence-corrected chi connectivity index (χ1v) is 7.68. The second-order valence-corrected chi connectivity index (χ2v) is 6.66. The molecule has 3 rings (SSSR count). The Bertz CT molecular complexity index is 754. The van der Waals surface area contributed by atoms with E-state index in [4.69, 9.17) is 0 Å². The molecule has 0 fully saturated rings. The van der Waals surface area contributed by atoms with Gasteiger partial charge < -0.3 is 9.47 Å². The summed E-state index contributed by atoms with van der Waals surface area (Å²) >= 11 is 1.77. The summed E-state index contributed by atoms with van der Waals surface area (Å²) in [4.78, 5) is 27.3. The van der Waals surface area contributed by atoms with E-state index in [1.165, 1.54) is 10.6 Å². The monoisotopic (exact) mass is 300 g/mol. The topological polar surface area (TPSA) is 42.3 Å². The van der Waals surface area contributed by atoms with Crippen LogP contribution in [0.1, 0.15) is 17.3 Å². The molecule has 0 radical (unpaired) electrons. The quantitative estimate of drug-likeness (QED) is 0.813. The lowest BCUT2D eigenvalue weighted by Crippen LogP contribution is -2.39. The van der Waals surface area contributed by atoms with Gasteiger partial charge in [-0.25, -0.2) is 0 Å². The van der Waals surface area contributed by atoms with Crippen LogP contribution in [0.4, 0.5) is 5.69 Å². The highest BCUT2D eigenvalue weighted by Crippen LogP contribution is 2.38. The van der Waals surface area contributed by atoms with Crippen molar-refractivity contribution in [3.05, 3.63) is 58.5 Å². The lowest BCUT2D eigenvalue weighted by atomic mass is 10.2. The van der Waals surface area contributed by atoms with Crippen LogP contribution in [0.2, 0.25) is 0 Å². The summed E-state index contributed by atoms with van der Waals surface area (Å²) in [5.41, 5.74) is 1.19. The Morgan fingerprint density at radius 1 is 1.29 bits per heavy atom. The van der Waals surface area contributed by atoms with Crippen LogP contribution in [0.5, 0.6) is 0 Å². The number of anilines is 1. The van der Waals surface area contributed by atoms with Crippen molar-refractivity contribution in [2.75, 3.05) is 11.4 Å². The van der Waals surface area contributed by atoms with Crippen molar-refractivity contribution >= 4 is 23.4 Å². The fourth-order valence-corrected chi connectivity index (χ4v) is 3.53. The number of hydrogen-bond donors (Lipinski definition) is 0. The molecular formula is C16H16N2O2S. The van der Waals surface area contributed by atoms with Gasteiger partial charge in [0, 0.05) is 41.6 Å². The van der Waals surface area contributed by atoms with Gasteiger partial charge in [-0.1, -0.05) is 19.1 Å². The van der Waals surface area contributed by atoms with Crippen LogP contribution in [0.3, 0.4) is 0 Å². The molecule has 1 atom stereocenters. The molecule has 2 heterocycles. The molecule has 0 bridgehead atoms. The first-order valence-electron chi connectivity index (χ1n) is 6.80. The van der Waals surface area contributed by atoms with Crippen molar-refractivity contribution in [1.29, 1.82) is 0 Å². The first-order chi connectivity index (χ1) is 10.1. The van der Waals surface area contributed by atoms with E-state index in [0.717, 1.165) is 10.6 Å². The van der Waals surface area contributed by atoms with E-state index in [-0.39, 0.29) is 11.5 Å². The fraction of sp³-hybridized carbons (Fsp3) is 0.250. The average Bonchev–Trinajstić information content (AvgIpc) is 2.48. The Balaban J connectivity index is 2.01. The highest BCUT2D eigenvalue weighted by molar-refractivity contribution is 8.00. The number of amides is 1. The maximum Gasteiger partial charge on any atom is 0.258 e. The second-order valence-electron chi connectivity index (χ2n) is 5.18. The Labute approximate surface area is 127 Å². The van der Waals surface area contributed by atoms with Crippen LogP contribution in [-0.4, -0.2) is 22.3 Å². The van der Waals surface area contributed by atoms with Gasteiger partial charge in [-0.2, -0.15) is 0 Å². The van der Waals surface area contributed by atoms with Gasteiger partial charge in [0.15, 0.2) is 0 Å². The van der Waals surface area contributed by atoms with Crippen molar-refractivity contribution in [2.24, 2.45) is 7.05 Å². The molecule has 0 N–H and O–H groups in total. The number of benzene rings is 1. The fourth-order valence-electron chi connectivity index (χ4n) is 2.42. The van der Waals surface area contributed by atoms with E-state index >= 15 is 0 Å². The Hall–Kier alpha value is -2.01. The summed E-state index contributed by atoms with van der Waals surface area (Å²) < 4.78 is 1.46. The van der Waals surface area contributed by atoms with Gasteiger partial charge in [-0.05, 0) is 18.2 Å². The summed E-state index contributed by atoms with van der Waals surface area (Å²) in [6.45, 7) is 2.75. The number of aryl methyl sites for hydroxylation is 1. The van der Waals surface area contributed by atoms with E-state index in [2.05, 4.69) is 6.92 Å². The molecule has 1 aliphatic rings. The molecule has 0 saturated heterocycles. The highest BCUT2D eigenvalue weighted by Gasteiger charge is 2.27. The smallest absolute Gasteiger partial charge is 0.258 e. The van der Waals surface area contributed by atoms with Gasteiger partial charge in [-0.15, -0.1) is 11.8 Å².